The zero-order valence-corrected chi connectivity index (χ0v) is 14.7. The first-order valence-corrected chi connectivity index (χ1v) is 8.26. The molecule has 24 heavy (non-hydrogen) atoms. The molecule has 0 aliphatic heterocycles. The summed E-state index contributed by atoms with van der Waals surface area (Å²) in [4.78, 5) is 12.1. The summed E-state index contributed by atoms with van der Waals surface area (Å²) in [6, 6.07) is 17.7. The lowest BCUT2D eigenvalue weighted by atomic mass is 10.1. The molecule has 3 rings (SSSR count). The molecular formula is C18H17BrN4O. The summed E-state index contributed by atoms with van der Waals surface area (Å²) in [7, 11) is 0. The number of rotatable bonds is 4. The lowest BCUT2D eigenvalue weighted by Crippen LogP contribution is -2.32. The Morgan fingerprint density at radius 1 is 1.17 bits per heavy atom. The molecule has 3 aromatic rings. The van der Waals surface area contributed by atoms with E-state index in [1.54, 1.807) is 10.7 Å². The Kier molecular flexibility index (Phi) is 4.78. The van der Waals surface area contributed by atoms with E-state index < -0.39 is 0 Å². The van der Waals surface area contributed by atoms with Crippen molar-refractivity contribution in [2.45, 2.75) is 13.5 Å². The smallest absolute Gasteiger partial charge is 0.283 e. The number of aryl methyl sites for hydroxylation is 1. The largest absolute Gasteiger partial charge is 0.289 e. The number of carbonyl (C=O) groups is 1. The minimum atomic E-state index is -0.363. The number of halogens is 1. The molecule has 0 spiro atoms. The van der Waals surface area contributed by atoms with Gasteiger partial charge in [-0.05, 0) is 30.7 Å². The highest BCUT2D eigenvalue weighted by atomic mass is 79.9. The van der Waals surface area contributed by atoms with Crippen LogP contribution in [0.15, 0.2) is 59.1 Å². The van der Waals surface area contributed by atoms with Gasteiger partial charge in [-0.1, -0.05) is 57.9 Å². The van der Waals surface area contributed by atoms with Gasteiger partial charge in [0.05, 0.1) is 12.2 Å². The van der Waals surface area contributed by atoms with Crippen molar-refractivity contribution in [3.63, 3.8) is 0 Å². The van der Waals surface area contributed by atoms with Crippen LogP contribution in [0.25, 0.3) is 11.3 Å². The van der Waals surface area contributed by atoms with Crippen LogP contribution in [0.3, 0.4) is 0 Å². The number of hydrogen-bond acceptors (Lipinski definition) is 3. The average Bonchev–Trinajstić information content (AvgIpc) is 3.00. The lowest BCUT2D eigenvalue weighted by molar-refractivity contribution is 0.0943. The first kappa shape index (κ1) is 16.4. The SMILES string of the molecule is Cc1ccc(Cn2nc(-c3ccc(Br)cc3)cc2C(=O)NN)cc1. The van der Waals surface area contributed by atoms with Gasteiger partial charge >= 0.3 is 0 Å². The number of nitrogens with one attached hydrogen (secondary N) is 1. The highest BCUT2D eigenvalue weighted by Gasteiger charge is 2.15. The first-order chi connectivity index (χ1) is 11.6. The van der Waals surface area contributed by atoms with Crippen molar-refractivity contribution < 1.29 is 4.79 Å². The van der Waals surface area contributed by atoms with E-state index in [1.807, 2.05) is 55.5 Å². The predicted molar refractivity (Wildman–Crippen MR) is 97.3 cm³/mol. The number of aromatic nitrogens is 2. The number of nitrogens with zero attached hydrogens (tertiary/aromatic N) is 2. The maximum Gasteiger partial charge on any atom is 0.283 e. The third-order valence-corrected chi connectivity index (χ3v) is 4.27. The van der Waals surface area contributed by atoms with Crippen molar-refractivity contribution in [3.05, 3.63) is 75.9 Å². The Balaban J connectivity index is 1.98. The number of benzene rings is 2. The van der Waals surface area contributed by atoms with E-state index in [2.05, 4.69) is 26.5 Å². The fourth-order valence-electron chi connectivity index (χ4n) is 2.42. The van der Waals surface area contributed by atoms with Gasteiger partial charge in [-0.15, -0.1) is 0 Å². The lowest BCUT2D eigenvalue weighted by Gasteiger charge is -2.06. The van der Waals surface area contributed by atoms with Crippen molar-refractivity contribution >= 4 is 21.8 Å². The summed E-state index contributed by atoms with van der Waals surface area (Å²) >= 11 is 3.42. The molecule has 0 aliphatic carbocycles. The highest BCUT2D eigenvalue weighted by Crippen LogP contribution is 2.22. The topological polar surface area (TPSA) is 72.9 Å². The molecule has 0 saturated carbocycles. The molecule has 0 atom stereocenters. The van der Waals surface area contributed by atoms with Crippen LogP contribution in [0.4, 0.5) is 0 Å². The van der Waals surface area contributed by atoms with Gasteiger partial charge in [0.2, 0.25) is 0 Å². The third kappa shape index (κ3) is 3.55. The van der Waals surface area contributed by atoms with Gasteiger partial charge in [0.25, 0.3) is 5.91 Å². The molecular weight excluding hydrogens is 368 g/mol. The molecule has 1 amide bonds. The van der Waals surface area contributed by atoms with Gasteiger partial charge < -0.3 is 0 Å². The predicted octanol–water partition coefficient (Wildman–Crippen LogP) is 3.27. The molecule has 1 heterocycles. The van der Waals surface area contributed by atoms with Crippen molar-refractivity contribution in [2.75, 3.05) is 0 Å². The van der Waals surface area contributed by atoms with Crippen molar-refractivity contribution in [1.82, 2.24) is 15.2 Å². The van der Waals surface area contributed by atoms with E-state index in [0.717, 1.165) is 21.3 Å². The Hall–Kier alpha value is -2.44. The quantitative estimate of drug-likeness (QED) is 0.411. The van der Waals surface area contributed by atoms with Crippen molar-refractivity contribution in [2.24, 2.45) is 5.84 Å². The summed E-state index contributed by atoms with van der Waals surface area (Å²) in [5.41, 5.74) is 6.53. The zero-order valence-electron chi connectivity index (χ0n) is 13.2. The maximum absolute atomic E-state index is 12.1. The fourth-order valence-corrected chi connectivity index (χ4v) is 2.69. The van der Waals surface area contributed by atoms with Crippen LogP contribution >= 0.6 is 15.9 Å². The summed E-state index contributed by atoms with van der Waals surface area (Å²) in [6.45, 7) is 2.54. The van der Waals surface area contributed by atoms with Crippen LogP contribution in [0.1, 0.15) is 21.6 Å². The van der Waals surface area contributed by atoms with Gasteiger partial charge in [0, 0.05) is 10.0 Å². The third-order valence-electron chi connectivity index (χ3n) is 3.74. The molecule has 1 aromatic heterocycles. The van der Waals surface area contributed by atoms with Crippen molar-refractivity contribution in [1.29, 1.82) is 0 Å². The first-order valence-electron chi connectivity index (χ1n) is 7.47. The van der Waals surface area contributed by atoms with Gasteiger partial charge in [0.1, 0.15) is 5.69 Å². The summed E-state index contributed by atoms with van der Waals surface area (Å²) in [5, 5.41) is 4.58. The summed E-state index contributed by atoms with van der Waals surface area (Å²) in [6.07, 6.45) is 0. The number of amides is 1. The Morgan fingerprint density at radius 3 is 2.46 bits per heavy atom. The van der Waals surface area contributed by atoms with E-state index in [-0.39, 0.29) is 5.91 Å². The molecule has 122 valence electrons. The number of hydrogen-bond donors (Lipinski definition) is 2. The molecule has 0 saturated heterocycles. The molecule has 3 N–H and O–H groups in total. The second kappa shape index (κ2) is 6.98. The van der Waals surface area contributed by atoms with Crippen molar-refractivity contribution in [3.8, 4) is 11.3 Å². The molecule has 0 fully saturated rings. The second-order valence-corrected chi connectivity index (χ2v) is 6.45. The molecule has 6 heteroatoms. The van der Waals surface area contributed by atoms with Gasteiger partial charge in [-0.3, -0.25) is 14.9 Å². The van der Waals surface area contributed by atoms with Crippen LogP contribution < -0.4 is 11.3 Å². The van der Waals surface area contributed by atoms with E-state index >= 15 is 0 Å². The van der Waals surface area contributed by atoms with Crippen LogP contribution in [0.2, 0.25) is 0 Å². The Morgan fingerprint density at radius 2 is 1.83 bits per heavy atom. The fraction of sp³-hybridized carbons (Fsp3) is 0.111. The normalized spacial score (nSPS) is 10.6. The van der Waals surface area contributed by atoms with E-state index in [0.29, 0.717) is 12.2 Å². The second-order valence-electron chi connectivity index (χ2n) is 5.54. The van der Waals surface area contributed by atoms with Gasteiger partial charge in [-0.2, -0.15) is 5.10 Å². The van der Waals surface area contributed by atoms with Crippen LogP contribution in [-0.4, -0.2) is 15.7 Å². The highest BCUT2D eigenvalue weighted by molar-refractivity contribution is 9.10. The minimum Gasteiger partial charge on any atom is -0.289 e. The van der Waals surface area contributed by atoms with E-state index in [9.17, 15) is 4.79 Å². The molecule has 0 radical (unpaired) electrons. The minimum absolute atomic E-state index is 0.363. The van der Waals surface area contributed by atoms with Gasteiger partial charge in [-0.25, -0.2) is 5.84 Å². The van der Waals surface area contributed by atoms with Crippen LogP contribution in [-0.2, 0) is 6.54 Å². The maximum atomic E-state index is 12.1. The van der Waals surface area contributed by atoms with E-state index in [1.165, 1.54) is 5.56 Å². The van der Waals surface area contributed by atoms with E-state index in [4.69, 9.17) is 5.84 Å². The monoisotopic (exact) mass is 384 g/mol. The standard InChI is InChI=1S/C18H17BrN4O/c1-12-2-4-13(5-3-12)11-23-17(18(24)21-20)10-16(22-23)14-6-8-15(19)9-7-14/h2-10H,11,20H2,1H3,(H,21,24). The molecule has 0 unspecified atom stereocenters. The number of hydrazine groups is 1. The molecule has 0 aliphatic rings. The number of nitrogen functional groups attached to an aromatic ring is 1. The number of nitrogens with two attached hydrogens (primary N) is 1. The summed E-state index contributed by atoms with van der Waals surface area (Å²) in [5.74, 6) is 4.94. The zero-order chi connectivity index (χ0) is 17.1. The molecule has 0 bridgehead atoms. The Labute approximate surface area is 148 Å². The number of carbonyl (C=O) groups excluding carboxylic acids is 1. The average molecular weight is 385 g/mol. The van der Waals surface area contributed by atoms with Gasteiger partial charge in [0.15, 0.2) is 0 Å². The molecule has 5 nitrogen and oxygen atoms in total. The molecule has 2 aromatic carbocycles. The Bertz CT molecular complexity index is 854. The van der Waals surface area contributed by atoms with Crippen LogP contribution in [0.5, 0.6) is 0 Å². The van der Waals surface area contributed by atoms with Crippen LogP contribution in [0, 0.1) is 6.92 Å². The summed E-state index contributed by atoms with van der Waals surface area (Å²) < 4.78 is 2.66.